The smallest absolute Gasteiger partial charge is 0.256 e. The lowest BCUT2D eigenvalue weighted by molar-refractivity contribution is 0.0835. The molecule has 1 aromatic heterocycles. The summed E-state index contributed by atoms with van der Waals surface area (Å²) in [5.74, 6) is 1.92. The number of ether oxygens (including phenoxy) is 3. The molecule has 0 amide bonds. The van der Waals surface area contributed by atoms with Crippen LogP contribution in [0.3, 0.4) is 0 Å². The average molecular weight is 290 g/mol. The fraction of sp³-hybridized carbons (Fsp3) is 0.467. The molecule has 1 aromatic carbocycles. The summed E-state index contributed by atoms with van der Waals surface area (Å²) in [5.41, 5.74) is 0.891. The van der Waals surface area contributed by atoms with Crippen molar-refractivity contribution >= 4 is 0 Å². The Morgan fingerprint density at radius 2 is 2.10 bits per heavy atom. The van der Waals surface area contributed by atoms with E-state index in [1.807, 2.05) is 24.3 Å². The highest BCUT2D eigenvalue weighted by Crippen LogP contribution is 2.29. The van der Waals surface area contributed by atoms with Crippen molar-refractivity contribution in [1.82, 2.24) is 10.1 Å². The van der Waals surface area contributed by atoms with Crippen molar-refractivity contribution in [3.8, 4) is 17.1 Å². The third-order valence-electron chi connectivity index (χ3n) is 3.32. The van der Waals surface area contributed by atoms with E-state index in [1.165, 1.54) is 0 Å². The summed E-state index contributed by atoms with van der Waals surface area (Å²) in [6, 6.07) is 7.58. The van der Waals surface area contributed by atoms with Crippen LogP contribution in [-0.2, 0) is 9.47 Å². The van der Waals surface area contributed by atoms with Crippen molar-refractivity contribution in [3.63, 3.8) is 0 Å². The van der Waals surface area contributed by atoms with E-state index in [1.54, 1.807) is 7.11 Å². The second kappa shape index (κ2) is 6.69. The van der Waals surface area contributed by atoms with Crippen LogP contribution < -0.4 is 4.74 Å². The number of rotatable bonds is 6. The van der Waals surface area contributed by atoms with Gasteiger partial charge in [-0.15, -0.1) is 0 Å². The van der Waals surface area contributed by atoms with Crippen molar-refractivity contribution in [3.05, 3.63) is 30.2 Å². The molecule has 1 saturated heterocycles. The summed E-state index contributed by atoms with van der Waals surface area (Å²) in [7, 11) is 1.65. The molecule has 0 N–H and O–H groups in total. The third kappa shape index (κ3) is 3.40. The van der Waals surface area contributed by atoms with Crippen molar-refractivity contribution in [1.29, 1.82) is 0 Å². The second-order valence-corrected chi connectivity index (χ2v) is 4.82. The number of hydrogen-bond acceptors (Lipinski definition) is 6. The van der Waals surface area contributed by atoms with E-state index >= 15 is 0 Å². The highest BCUT2D eigenvalue weighted by molar-refractivity contribution is 5.55. The van der Waals surface area contributed by atoms with Crippen molar-refractivity contribution in [2.24, 2.45) is 0 Å². The van der Waals surface area contributed by atoms with Gasteiger partial charge in [0.25, 0.3) is 5.89 Å². The molecular formula is C15H18N2O4. The zero-order chi connectivity index (χ0) is 14.5. The Morgan fingerprint density at radius 3 is 2.81 bits per heavy atom. The van der Waals surface area contributed by atoms with E-state index in [-0.39, 0.29) is 6.10 Å². The van der Waals surface area contributed by atoms with Gasteiger partial charge in [-0.05, 0) is 37.1 Å². The Kier molecular flexibility index (Phi) is 4.47. The first kappa shape index (κ1) is 14.0. The first-order chi connectivity index (χ1) is 10.4. The lowest BCUT2D eigenvalue weighted by Crippen LogP contribution is -2.03. The monoisotopic (exact) mass is 290 g/mol. The first-order valence-electron chi connectivity index (χ1n) is 7.04. The van der Waals surface area contributed by atoms with Gasteiger partial charge in [-0.2, -0.15) is 4.98 Å². The lowest BCUT2D eigenvalue weighted by atomic mass is 10.2. The zero-order valence-electron chi connectivity index (χ0n) is 11.9. The Hall–Kier alpha value is -1.92. The van der Waals surface area contributed by atoms with Crippen molar-refractivity contribution in [2.75, 3.05) is 26.9 Å². The highest BCUT2D eigenvalue weighted by Gasteiger charge is 2.24. The Morgan fingerprint density at radius 1 is 1.24 bits per heavy atom. The van der Waals surface area contributed by atoms with Gasteiger partial charge in [0, 0.05) is 19.3 Å². The summed E-state index contributed by atoms with van der Waals surface area (Å²) in [5, 5.41) is 4.01. The molecule has 3 rings (SSSR count). The molecule has 1 aliphatic heterocycles. The normalized spacial score (nSPS) is 18.0. The van der Waals surface area contributed by atoms with Crippen LogP contribution >= 0.6 is 0 Å². The Bertz CT molecular complexity index is 561. The minimum atomic E-state index is -0.0529. The molecule has 0 bridgehead atoms. The van der Waals surface area contributed by atoms with Crippen LogP contribution in [0, 0.1) is 0 Å². The van der Waals surface area contributed by atoms with Gasteiger partial charge < -0.3 is 18.7 Å². The van der Waals surface area contributed by atoms with Crippen LogP contribution in [0.4, 0.5) is 0 Å². The fourth-order valence-electron chi connectivity index (χ4n) is 2.20. The second-order valence-electron chi connectivity index (χ2n) is 4.82. The Balaban J connectivity index is 1.66. The van der Waals surface area contributed by atoms with Gasteiger partial charge in [-0.1, -0.05) is 5.16 Å². The maximum Gasteiger partial charge on any atom is 0.256 e. The van der Waals surface area contributed by atoms with Crippen LogP contribution in [0.25, 0.3) is 11.4 Å². The molecule has 0 aliphatic carbocycles. The molecular weight excluding hydrogens is 272 g/mol. The van der Waals surface area contributed by atoms with E-state index in [0.29, 0.717) is 24.9 Å². The predicted molar refractivity (Wildman–Crippen MR) is 75.0 cm³/mol. The zero-order valence-corrected chi connectivity index (χ0v) is 11.9. The summed E-state index contributed by atoms with van der Waals surface area (Å²) >= 11 is 0. The van der Waals surface area contributed by atoms with E-state index in [0.717, 1.165) is 30.8 Å². The van der Waals surface area contributed by atoms with Gasteiger partial charge in [0.2, 0.25) is 5.82 Å². The predicted octanol–water partition coefficient (Wildman–Crippen LogP) is 2.61. The van der Waals surface area contributed by atoms with Crippen LogP contribution in [0.1, 0.15) is 24.8 Å². The molecule has 0 spiro atoms. The topological polar surface area (TPSA) is 66.6 Å². The van der Waals surface area contributed by atoms with E-state index < -0.39 is 0 Å². The van der Waals surface area contributed by atoms with Crippen molar-refractivity contribution in [2.45, 2.75) is 18.9 Å². The maximum atomic E-state index is 5.53. The SMILES string of the molecule is COCCOc1ccc(-c2noc(C3CCCO3)n2)cc1. The molecule has 1 atom stereocenters. The van der Waals surface area contributed by atoms with Crippen LogP contribution in [0.5, 0.6) is 5.75 Å². The Labute approximate surface area is 123 Å². The van der Waals surface area contributed by atoms with Gasteiger partial charge in [0.05, 0.1) is 6.61 Å². The molecule has 2 aromatic rings. The molecule has 0 radical (unpaired) electrons. The molecule has 1 fully saturated rings. The number of benzene rings is 1. The van der Waals surface area contributed by atoms with Gasteiger partial charge in [0.15, 0.2) is 0 Å². The number of nitrogens with zero attached hydrogens (tertiary/aromatic N) is 2. The number of hydrogen-bond donors (Lipinski definition) is 0. The standard InChI is InChI=1S/C15H18N2O4/c1-18-9-10-19-12-6-4-11(5-7-12)14-16-15(21-17-14)13-3-2-8-20-13/h4-7,13H,2-3,8-10H2,1H3. The van der Waals surface area contributed by atoms with E-state index in [4.69, 9.17) is 18.7 Å². The van der Waals surface area contributed by atoms with Crippen LogP contribution in [-0.4, -0.2) is 37.1 Å². The maximum absolute atomic E-state index is 5.53. The van der Waals surface area contributed by atoms with E-state index in [9.17, 15) is 0 Å². The summed E-state index contributed by atoms with van der Waals surface area (Å²) < 4.78 is 21.3. The van der Waals surface area contributed by atoms with Gasteiger partial charge in [-0.25, -0.2) is 0 Å². The quantitative estimate of drug-likeness (QED) is 0.762. The average Bonchev–Trinajstić information content (AvgIpc) is 3.19. The number of methoxy groups -OCH3 is 1. The minimum absolute atomic E-state index is 0.0529. The molecule has 6 nitrogen and oxygen atoms in total. The highest BCUT2D eigenvalue weighted by atomic mass is 16.5. The minimum Gasteiger partial charge on any atom is -0.491 e. The largest absolute Gasteiger partial charge is 0.491 e. The third-order valence-corrected chi connectivity index (χ3v) is 3.32. The van der Waals surface area contributed by atoms with Gasteiger partial charge >= 0.3 is 0 Å². The van der Waals surface area contributed by atoms with Crippen LogP contribution in [0.2, 0.25) is 0 Å². The molecule has 1 unspecified atom stereocenters. The van der Waals surface area contributed by atoms with Crippen molar-refractivity contribution < 1.29 is 18.7 Å². The molecule has 112 valence electrons. The summed E-state index contributed by atoms with van der Waals surface area (Å²) in [6.07, 6.45) is 1.92. The molecule has 6 heteroatoms. The molecule has 1 aliphatic rings. The molecule has 0 saturated carbocycles. The van der Waals surface area contributed by atoms with Gasteiger partial charge in [0.1, 0.15) is 18.5 Å². The first-order valence-corrected chi connectivity index (χ1v) is 7.04. The van der Waals surface area contributed by atoms with E-state index in [2.05, 4.69) is 10.1 Å². The number of aromatic nitrogens is 2. The van der Waals surface area contributed by atoms with Crippen LogP contribution in [0.15, 0.2) is 28.8 Å². The molecule has 2 heterocycles. The lowest BCUT2D eigenvalue weighted by Gasteiger charge is -2.05. The summed E-state index contributed by atoms with van der Waals surface area (Å²) in [4.78, 5) is 4.40. The molecule has 21 heavy (non-hydrogen) atoms. The fourth-order valence-corrected chi connectivity index (χ4v) is 2.20. The summed E-state index contributed by atoms with van der Waals surface area (Å²) in [6.45, 7) is 1.86. The van der Waals surface area contributed by atoms with Gasteiger partial charge in [-0.3, -0.25) is 0 Å².